The lowest BCUT2D eigenvalue weighted by atomic mass is 9.86. The van der Waals surface area contributed by atoms with E-state index in [2.05, 4.69) is 43.9 Å². The number of carbonyl (C=O) groups excluding carboxylic acids is 1. The number of benzene rings is 1. The Morgan fingerprint density at radius 3 is 2.71 bits per heavy atom. The molecule has 2 aromatic rings. The number of amides is 1. The molecule has 2 heterocycles. The molecule has 21 heavy (non-hydrogen) atoms. The summed E-state index contributed by atoms with van der Waals surface area (Å²) in [4.78, 5) is 17.7. The van der Waals surface area contributed by atoms with Crippen LogP contribution in [0.1, 0.15) is 47.1 Å². The van der Waals surface area contributed by atoms with Crippen LogP contribution in [0, 0.1) is 6.92 Å². The molecule has 1 amide bonds. The van der Waals surface area contributed by atoms with Gasteiger partial charge in [-0.05, 0) is 37.5 Å². The van der Waals surface area contributed by atoms with Crippen LogP contribution in [0.2, 0.25) is 0 Å². The van der Waals surface area contributed by atoms with Gasteiger partial charge in [0.1, 0.15) is 0 Å². The molecule has 0 radical (unpaired) electrons. The summed E-state index contributed by atoms with van der Waals surface area (Å²) in [6.45, 7) is 7.18. The van der Waals surface area contributed by atoms with Crippen LogP contribution in [0.4, 0.5) is 0 Å². The maximum absolute atomic E-state index is 13.0. The van der Waals surface area contributed by atoms with E-state index in [4.69, 9.17) is 0 Å². The number of rotatable bonds is 3. The zero-order valence-corrected chi connectivity index (χ0v) is 13.6. The van der Waals surface area contributed by atoms with Crippen LogP contribution in [0.5, 0.6) is 0 Å². The minimum Gasteiger partial charge on any atom is -0.334 e. The van der Waals surface area contributed by atoms with Gasteiger partial charge in [0.15, 0.2) is 0 Å². The molecule has 3 rings (SSSR count). The van der Waals surface area contributed by atoms with Gasteiger partial charge in [0, 0.05) is 15.8 Å². The van der Waals surface area contributed by atoms with Crippen molar-refractivity contribution in [3.63, 3.8) is 0 Å². The highest BCUT2D eigenvalue weighted by molar-refractivity contribution is 7.12. The number of hydrogen-bond donors (Lipinski definition) is 0. The molecular formula is C18H21NOS. The van der Waals surface area contributed by atoms with E-state index in [1.54, 1.807) is 0 Å². The molecule has 2 atom stereocenters. The molecule has 2 unspecified atom stereocenters. The summed E-state index contributed by atoms with van der Waals surface area (Å²) < 4.78 is 0. The third-order valence-electron chi connectivity index (χ3n) is 4.38. The van der Waals surface area contributed by atoms with Gasteiger partial charge in [-0.3, -0.25) is 4.79 Å². The van der Waals surface area contributed by atoms with E-state index in [0.717, 1.165) is 18.5 Å². The van der Waals surface area contributed by atoms with Crippen LogP contribution in [-0.2, 0) is 11.3 Å². The quantitative estimate of drug-likeness (QED) is 0.826. The average Bonchev–Trinajstić information content (AvgIpc) is 2.86. The molecule has 3 heteroatoms. The number of fused-ring (bicyclic) bond motifs is 1. The summed E-state index contributed by atoms with van der Waals surface area (Å²) in [7, 11) is 0. The fourth-order valence-corrected chi connectivity index (χ4v) is 4.12. The van der Waals surface area contributed by atoms with Gasteiger partial charge >= 0.3 is 0 Å². The van der Waals surface area contributed by atoms with Gasteiger partial charge in [0.05, 0.1) is 12.5 Å². The SMILES string of the molecule is CCC(C)N1Cc2sc(C)cc2C(c2ccccc2)C1=O. The lowest BCUT2D eigenvalue weighted by molar-refractivity contribution is -0.135. The number of carbonyl (C=O) groups is 1. The third kappa shape index (κ3) is 2.51. The van der Waals surface area contributed by atoms with Gasteiger partial charge in [-0.25, -0.2) is 0 Å². The van der Waals surface area contributed by atoms with Gasteiger partial charge in [-0.1, -0.05) is 37.3 Å². The first-order valence-electron chi connectivity index (χ1n) is 7.56. The molecule has 0 N–H and O–H groups in total. The van der Waals surface area contributed by atoms with Crippen molar-refractivity contribution < 1.29 is 4.79 Å². The first-order valence-corrected chi connectivity index (χ1v) is 8.38. The van der Waals surface area contributed by atoms with Crippen molar-refractivity contribution >= 4 is 17.2 Å². The van der Waals surface area contributed by atoms with Crippen molar-refractivity contribution in [1.82, 2.24) is 4.90 Å². The minimum atomic E-state index is -0.131. The van der Waals surface area contributed by atoms with Crippen LogP contribution >= 0.6 is 11.3 Å². The summed E-state index contributed by atoms with van der Waals surface area (Å²) in [5.41, 5.74) is 2.32. The molecule has 0 aliphatic carbocycles. The van der Waals surface area contributed by atoms with Crippen LogP contribution in [0.3, 0.4) is 0 Å². The second kappa shape index (κ2) is 5.64. The highest BCUT2D eigenvalue weighted by Gasteiger charge is 2.36. The fourth-order valence-electron chi connectivity index (χ4n) is 3.04. The van der Waals surface area contributed by atoms with E-state index >= 15 is 0 Å². The zero-order chi connectivity index (χ0) is 15.0. The van der Waals surface area contributed by atoms with Gasteiger partial charge < -0.3 is 4.90 Å². The third-order valence-corrected chi connectivity index (χ3v) is 5.43. The monoisotopic (exact) mass is 299 g/mol. The Hall–Kier alpha value is -1.61. The molecule has 1 aliphatic heterocycles. The topological polar surface area (TPSA) is 20.3 Å². The van der Waals surface area contributed by atoms with Gasteiger partial charge in [-0.2, -0.15) is 0 Å². The first-order chi connectivity index (χ1) is 10.1. The van der Waals surface area contributed by atoms with Crippen LogP contribution < -0.4 is 0 Å². The second-order valence-corrected chi connectivity index (χ2v) is 7.14. The van der Waals surface area contributed by atoms with Crippen molar-refractivity contribution in [2.24, 2.45) is 0 Å². The predicted molar refractivity (Wildman–Crippen MR) is 87.6 cm³/mol. The highest BCUT2D eigenvalue weighted by Crippen LogP contribution is 2.39. The summed E-state index contributed by atoms with van der Waals surface area (Å²) in [5.74, 6) is 0.120. The lowest BCUT2D eigenvalue weighted by Gasteiger charge is -2.36. The van der Waals surface area contributed by atoms with Crippen LogP contribution in [-0.4, -0.2) is 16.8 Å². The largest absolute Gasteiger partial charge is 0.334 e. The van der Waals surface area contributed by atoms with Crippen molar-refractivity contribution in [2.75, 3.05) is 0 Å². The lowest BCUT2D eigenvalue weighted by Crippen LogP contribution is -2.44. The zero-order valence-electron chi connectivity index (χ0n) is 12.8. The molecule has 0 bridgehead atoms. The van der Waals surface area contributed by atoms with E-state index in [1.165, 1.54) is 15.3 Å². The predicted octanol–water partition coefficient (Wildman–Crippen LogP) is 4.33. The van der Waals surface area contributed by atoms with Crippen molar-refractivity contribution in [1.29, 1.82) is 0 Å². The van der Waals surface area contributed by atoms with E-state index in [-0.39, 0.29) is 11.8 Å². The summed E-state index contributed by atoms with van der Waals surface area (Å²) in [6, 6.07) is 12.7. The van der Waals surface area contributed by atoms with E-state index in [0.29, 0.717) is 6.04 Å². The first kappa shape index (κ1) is 14.3. The smallest absolute Gasteiger partial charge is 0.235 e. The molecule has 0 saturated carbocycles. The number of thiophene rings is 1. The Kier molecular flexibility index (Phi) is 3.85. The maximum atomic E-state index is 13.0. The molecule has 2 nitrogen and oxygen atoms in total. The van der Waals surface area contributed by atoms with E-state index in [9.17, 15) is 4.79 Å². The van der Waals surface area contributed by atoms with Crippen LogP contribution in [0.15, 0.2) is 36.4 Å². The average molecular weight is 299 g/mol. The van der Waals surface area contributed by atoms with Crippen molar-refractivity contribution in [3.8, 4) is 0 Å². The summed E-state index contributed by atoms with van der Waals surface area (Å²) >= 11 is 1.83. The molecular weight excluding hydrogens is 278 g/mol. The van der Waals surface area contributed by atoms with Gasteiger partial charge in [-0.15, -0.1) is 11.3 Å². The molecule has 0 fully saturated rings. The van der Waals surface area contributed by atoms with Crippen molar-refractivity contribution in [2.45, 2.75) is 45.7 Å². The Labute approximate surface area is 130 Å². The molecule has 0 spiro atoms. The minimum absolute atomic E-state index is 0.131. The Bertz CT molecular complexity index is 646. The summed E-state index contributed by atoms with van der Waals surface area (Å²) in [6.07, 6.45) is 0.993. The van der Waals surface area contributed by atoms with Crippen molar-refractivity contribution in [3.05, 3.63) is 57.3 Å². The molecule has 1 aromatic heterocycles. The number of aryl methyl sites for hydroxylation is 1. The second-order valence-electron chi connectivity index (χ2n) is 5.80. The number of hydrogen-bond acceptors (Lipinski definition) is 2. The molecule has 0 saturated heterocycles. The Balaban J connectivity index is 2.09. The maximum Gasteiger partial charge on any atom is 0.235 e. The number of nitrogens with zero attached hydrogens (tertiary/aromatic N) is 1. The van der Waals surface area contributed by atoms with Gasteiger partial charge in [0.25, 0.3) is 0 Å². The normalized spacial score (nSPS) is 19.5. The van der Waals surface area contributed by atoms with Crippen LogP contribution in [0.25, 0.3) is 0 Å². The fraction of sp³-hybridized carbons (Fsp3) is 0.389. The Morgan fingerprint density at radius 2 is 2.05 bits per heavy atom. The molecule has 110 valence electrons. The Morgan fingerprint density at radius 1 is 1.33 bits per heavy atom. The van der Waals surface area contributed by atoms with E-state index in [1.807, 2.05) is 29.5 Å². The molecule has 1 aliphatic rings. The standard InChI is InChI=1S/C18H21NOS/c1-4-12(2)19-11-16-15(10-13(3)21-16)17(18(19)20)14-8-6-5-7-9-14/h5-10,12,17H,4,11H2,1-3H3. The highest BCUT2D eigenvalue weighted by atomic mass is 32.1. The van der Waals surface area contributed by atoms with E-state index < -0.39 is 0 Å². The summed E-state index contributed by atoms with van der Waals surface area (Å²) in [5, 5.41) is 0. The van der Waals surface area contributed by atoms with Gasteiger partial charge in [0.2, 0.25) is 5.91 Å². The molecule has 1 aromatic carbocycles.